The van der Waals surface area contributed by atoms with Crippen molar-refractivity contribution in [2.75, 3.05) is 13.2 Å². The zero-order valence-corrected chi connectivity index (χ0v) is 17.5. The number of carbonyl (C=O) groups is 3. The molecule has 2 saturated carbocycles. The molecule has 6 aliphatic rings. The van der Waals surface area contributed by atoms with Gasteiger partial charge in [0.25, 0.3) is 0 Å². The molecule has 3 amide bonds. The zero-order valence-electron chi connectivity index (χ0n) is 17.5. The molecule has 1 aromatic rings. The van der Waals surface area contributed by atoms with E-state index in [2.05, 4.69) is 17.5 Å². The summed E-state index contributed by atoms with van der Waals surface area (Å²) in [6.45, 7) is 1.14. The standard InChI is InChI=1S/C25H28N2O4/c28-23(26-13-15-7-4-10-31-15)20(11-14-5-2-1-3-6-14)27-24(29)21-16-8-9-17(19-12-18(16)19)22(21)25(27)30/h1-3,5-6,8-9,15-22H,4,7,10-13H2,(H,26,28)/t15-,16-,17-,18-,19+,20+,21+,22+/m1/s1. The topological polar surface area (TPSA) is 75.7 Å². The van der Waals surface area contributed by atoms with Gasteiger partial charge in [-0.15, -0.1) is 0 Å². The van der Waals surface area contributed by atoms with Gasteiger partial charge in [0.2, 0.25) is 17.7 Å². The van der Waals surface area contributed by atoms with E-state index in [1.165, 1.54) is 4.90 Å². The highest BCUT2D eigenvalue weighted by Crippen LogP contribution is 2.65. The minimum Gasteiger partial charge on any atom is -0.376 e. The van der Waals surface area contributed by atoms with E-state index >= 15 is 0 Å². The van der Waals surface area contributed by atoms with Gasteiger partial charge in [-0.25, -0.2) is 0 Å². The maximum Gasteiger partial charge on any atom is 0.243 e. The summed E-state index contributed by atoms with van der Waals surface area (Å²) in [5.41, 5.74) is 0.944. The van der Waals surface area contributed by atoms with Crippen molar-refractivity contribution in [3.8, 4) is 0 Å². The summed E-state index contributed by atoms with van der Waals surface area (Å²) in [6, 6.07) is 8.83. The fourth-order valence-electron chi connectivity index (χ4n) is 6.56. The number of benzene rings is 1. The molecule has 2 saturated heterocycles. The summed E-state index contributed by atoms with van der Waals surface area (Å²) in [6.07, 6.45) is 7.74. The summed E-state index contributed by atoms with van der Waals surface area (Å²) in [4.78, 5) is 41.8. The Labute approximate surface area is 182 Å². The summed E-state index contributed by atoms with van der Waals surface area (Å²) in [5, 5.41) is 2.97. The number of ether oxygens (including phenoxy) is 1. The molecule has 2 heterocycles. The molecule has 6 heteroatoms. The second kappa shape index (κ2) is 7.30. The van der Waals surface area contributed by atoms with Crippen LogP contribution in [-0.4, -0.2) is 47.9 Å². The molecule has 8 atom stereocenters. The SMILES string of the molecule is O=C(NC[C@H]1CCCO1)[C@H](Cc1ccccc1)N1C(=O)[C@H]2[C@@H]3C=C[C@H]([C@@H]4C[C@H]34)[C@@H]2C1=O. The van der Waals surface area contributed by atoms with Crippen LogP contribution in [0.2, 0.25) is 0 Å². The number of likely N-dealkylation sites (tertiary alicyclic amines) is 1. The van der Waals surface area contributed by atoms with Crippen LogP contribution >= 0.6 is 0 Å². The lowest BCUT2D eigenvalue weighted by Gasteiger charge is -2.37. The van der Waals surface area contributed by atoms with Crippen LogP contribution in [-0.2, 0) is 25.5 Å². The second-order valence-electron chi connectivity index (χ2n) is 9.79. The molecular formula is C25H28N2O4. The zero-order chi connectivity index (χ0) is 21.1. The number of amides is 3. The summed E-state index contributed by atoms with van der Waals surface area (Å²) in [7, 11) is 0. The van der Waals surface area contributed by atoms with Crippen LogP contribution in [0.3, 0.4) is 0 Å². The third kappa shape index (κ3) is 3.06. The average molecular weight is 421 g/mol. The normalized spacial score (nSPS) is 38.2. The summed E-state index contributed by atoms with van der Waals surface area (Å²) in [5.74, 6) is 0.308. The van der Waals surface area contributed by atoms with Gasteiger partial charge in [-0.3, -0.25) is 19.3 Å². The van der Waals surface area contributed by atoms with Gasteiger partial charge in [0.05, 0.1) is 17.9 Å². The molecule has 1 aromatic carbocycles. The van der Waals surface area contributed by atoms with Crippen molar-refractivity contribution in [2.24, 2.45) is 35.5 Å². The summed E-state index contributed by atoms with van der Waals surface area (Å²) < 4.78 is 5.63. The predicted octanol–water partition coefficient (Wildman–Crippen LogP) is 1.95. The molecule has 0 unspecified atom stereocenters. The Balaban J connectivity index is 1.27. The van der Waals surface area contributed by atoms with Crippen molar-refractivity contribution in [1.29, 1.82) is 0 Å². The Morgan fingerprint density at radius 2 is 1.74 bits per heavy atom. The van der Waals surface area contributed by atoms with E-state index in [0.29, 0.717) is 24.8 Å². The van der Waals surface area contributed by atoms with Crippen LogP contribution in [0.15, 0.2) is 42.5 Å². The molecule has 6 nitrogen and oxygen atoms in total. The van der Waals surface area contributed by atoms with E-state index in [9.17, 15) is 14.4 Å². The molecule has 4 fully saturated rings. The third-order valence-corrected chi connectivity index (χ3v) is 8.11. The lowest BCUT2D eigenvalue weighted by molar-refractivity contribution is -0.148. The van der Waals surface area contributed by atoms with Crippen molar-refractivity contribution in [2.45, 2.75) is 37.8 Å². The molecular weight excluding hydrogens is 392 g/mol. The molecule has 0 aromatic heterocycles. The molecule has 2 aliphatic heterocycles. The molecule has 31 heavy (non-hydrogen) atoms. The number of nitrogens with zero attached hydrogens (tertiary/aromatic N) is 1. The number of hydrogen-bond acceptors (Lipinski definition) is 4. The van der Waals surface area contributed by atoms with Gasteiger partial charge in [-0.1, -0.05) is 42.5 Å². The molecule has 0 spiro atoms. The minimum absolute atomic E-state index is 0.0149. The predicted molar refractivity (Wildman–Crippen MR) is 112 cm³/mol. The second-order valence-corrected chi connectivity index (χ2v) is 9.79. The van der Waals surface area contributed by atoms with E-state index in [4.69, 9.17) is 4.74 Å². The van der Waals surface area contributed by atoms with Crippen LogP contribution in [0.1, 0.15) is 24.8 Å². The monoisotopic (exact) mass is 420 g/mol. The Kier molecular flexibility index (Phi) is 4.53. The van der Waals surface area contributed by atoms with Crippen LogP contribution in [0.5, 0.6) is 0 Å². The van der Waals surface area contributed by atoms with Crippen LogP contribution < -0.4 is 5.32 Å². The number of carbonyl (C=O) groups excluding carboxylic acids is 3. The van der Waals surface area contributed by atoms with Crippen molar-refractivity contribution in [1.82, 2.24) is 10.2 Å². The first-order chi connectivity index (χ1) is 15.1. The lowest BCUT2D eigenvalue weighted by Crippen LogP contribution is -2.52. The van der Waals surface area contributed by atoms with Crippen molar-refractivity contribution in [3.05, 3.63) is 48.0 Å². The molecule has 2 bridgehead atoms. The van der Waals surface area contributed by atoms with E-state index in [-0.39, 0.29) is 47.5 Å². The molecule has 0 radical (unpaired) electrons. The third-order valence-electron chi connectivity index (χ3n) is 8.11. The Morgan fingerprint density at radius 1 is 1.06 bits per heavy atom. The number of nitrogens with one attached hydrogen (secondary N) is 1. The lowest BCUT2D eigenvalue weighted by atomic mass is 9.63. The highest BCUT2D eigenvalue weighted by atomic mass is 16.5. The van der Waals surface area contributed by atoms with E-state index in [0.717, 1.165) is 31.4 Å². The van der Waals surface area contributed by atoms with Gasteiger partial charge >= 0.3 is 0 Å². The summed E-state index contributed by atoms with van der Waals surface area (Å²) >= 11 is 0. The van der Waals surface area contributed by atoms with E-state index in [1.54, 1.807) is 0 Å². The van der Waals surface area contributed by atoms with Gasteiger partial charge in [-0.2, -0.15) is 0 Å². The maximum atomic E-state index is 13.6. The first-order valence-corrected chi connectivity index (χ1v) is 11.6. The van der Waals surface area contributed by atoms with Gasteiger partial charge in [0.1, 0.15) is 6.04 Å². The first-order valence-electron chi connectivity index (χ1n) is 11.6. The van der Waals surface area contributed by atoms with E-state index in [1.807, 2.05) is 30.3 Å². The molecule has 1 N–H and O–H groups in total. The van der Waals surface area contributed by atoms with Gasteiger partial charge in [0, 0.05) is 19.6 Å². The maximum absolute atomic E-state index is 13.6. The number of hydrogen-bond donors (Lipinski definition) is 1. The van der Waals surface area contributed by atoms with Gasteiger partial charge in [0.15, 0.2) is 0 Å². The Morgan fingerprint density at radius 3 is 2.35 bits per heavy atom. The Bertz CT molecular complexity index is 902. The quantitative estimate of drug-likeness (QED) is 0.564. The van der Waals surface area contributed by atoms with Crippen LogP contribution in [0.25, 0.3) is 0 Å². The smallest absolute Gasteiger partial charge is 0.243 e. The molecule has 4 aliphatic carbocycles. The van der Waals surface area contributed by atoms with Crippen molar-refractivity contribution >= 4 is 17.7 Å². The Hall–Kier alpha value is -2.47. The van der Waals surface area contributed by atoms with Crippen LogP contribution in [0, 0.1) is 35.5 Å². The largest absolute Gasteiger partial charge is 0.376 e. The number of allylic oxidation sites excluding steroid dienone is 2. The number of rotatable bonds is 6. The van der Waals surface area contributed by atoms with Gasteiger partial charge < -0.3 is 10.1 Å². The van der Waals surface area contributed by atoms with Crippen molar-refractivity contribution < 1.29 is 19.1 Å². The first kappa shape index (κ1) is 19.2. The average Bonchev–Trinajstić information content (AvgIpc) is 3.38. The van der Waals surface area contributed by atoms with Crippen molar-refractivity contribution in [3.63, 3.8) is 0 Å². The van der Waals surface area contributed by atoms with Gasteiger partial charge in [-0.05, 0) is 48.5 Å². The highest BCUT2D eigenvalue weighted by molar-refractivity contribution is 6.09. The highest BCUT2D eigenvalue weighted by Gasteiger charge is 2.67. The minimum atomic E-state index is -0.815. The molecule has 7 rings (SSSR count). The van der Waals surface area contributed by atoms with Crippen LogP contribution in [0.4, 0.5) is 0 Å². The molecule has 162 valence electrons. The fourth-order valence-corrected chi connectivity index (χ4v) is 6.56. The number of imide groups is 1. The van der Waals surface area contributed by atoms with E-state index < -0.39 is 6.04 Å². The fraction of sp³-hybridized carbons (Fsp3) is 0.560.